The smallest absolute Gasteiger partial charge is 0.0518 e. The van der Waals surface area contributed by atoms with Crippen LogP contribution < -0.4 is 0 Å². The van der Waals surface area contributed by atoms with Gasteiger partial charge in [-0.3, -0.25) is 4.68 Å². The summed E-state index contributed by atoms with van der Waals surface area (Å²) < 4.78 is 2.13. The van der Waals surface area contributed by atoms with E-state index in [2.05, 4.69) is 41.6 Å². The van der Waals surface area contributed by atoms with E-state index in [9.17, 15) is 0 Å². The Morgan fingerprint density at radius 1 is 1.09 bits per heavy atom. The SMILES string of the molecule is Cc1cnn(CC2CCN(CCCCCCCC(C)C)CC2)c1. The number of aromatic nitrogens is 2. The highest BCUT2D eigenvalue weighted by Crippen LogP contribution is 2.20. The molecule has 2 heterocycles. The fraction of sp³-hybridized carbons (Fsp3) is 0.850. The van der Waals surface area contributed by atoms with Gasteiger partial charge in [-0.25, -0.2) is 0 Å². The molecule has 0 aliphatic carbocycles. The first-order chi connectivity index (χ1) is 11.1. The molecule has 0 aromatic carbocycles. The molecule has 0 atom stereocenters. The first kappa shape index (κ1) is 18.5. The second-order valence-electron chi connectivity index (χ2n) is 7.98. The Bertz CT molecular complexity index is 416. The molecule has 3 heteroatoms. The van der Waals surface area contributed by atoms with E-state index in [0.717, 1.165) is 18.4 Å². The molecule has 1 saturated heterocycles. The van der Waals surface area contributed by atoms with Crippen molar-refractivity contribution in [1.29, 1.82) is 0 Å². The average molecular weight is 320 g/mol. The molecular formula is C20H37N3. The van der Waals surface area contributed by atoms with E-state index >= 15 is 0 Å². The van der Waals surface area contributed by atoms with E-state index in [-0.39, 0.29) is 0 Å². The fourth-order valence-corrected chi connectivity index (χ4v) is 3.64. The maximum atomic E-state index is 4.43. The molecular weight excluding hydrogens is 282 g/mol. The average Bonchev–Trinajstić information content (AvgIpc) is 2.93. The zero-order chi connectivity index (χ0) is 16.5. The minimum absolute atomic E-state index is 0.821. The van der Waals surface area contributed by atoms with E-state index in [1.165, 1.54) is 76.6 Å². The normalized spacial score (nSPS) is 17.2. The van der Waals surface area contributed by atoms with Crippen molar-refractivity contribution in [3.8, 4) is 0 Å². The molecule has 0 amide bonds. The molecule has 1 aromatic heterocycles. The van der Waals surface area contributed by atoms with Crippen molar-refractivity contribution >= 4 is 0 Å². The topological polar surface area (TPSA) is 21.1 Å². The van der Waals surface area contributed by atoms with E-state index < -0.39 is 0 Å². The van der Waals surface area contributed by atoms with E-state index in [4.69, 9.17) is 0 Å². The summed E-state index contributed by atoms with van der Waals surface area (Å²) in [6.45, 7) is 11.8. The highest BCUT2D eigenvalue weighted by Gasteiger charge is 2.19. The van der Waals surface area contributed by atoms with Crippen LogP contribution in [0.5, 0.6) is 0 Å². The van der Waals surface area contributed by atoms with Gasteiger partial charge in [-0.1, -0.05) is 46.0 Å². The highest BCUT2D eigenvalue weighted by molar-refractivity contribution is 4.99. The van der Waals surface area contributed by atoms with Crippen LogP contribution in [0, 0.1) is 18.8 Å². The van der Waals surface area contributed by atoms with Gasteiger partial charge < -0.3 is 4.90 Å². The Morgan fingerprint density at radius 3 is 2.43 bits per heavy atom. The van der Waals surface area contributed by atoms with Gasteiger partial charge in [-0.15, -0.1) is 0 Å². The molecule has 1 aliphatic heterocycles. The van der Waals surface area contributed by atoms with Gasteiger partial charge in [0.15, 0.2) is 0 Å². The van der Waals surface area contributed by atoms with E-state index in [1.54, 1.807) is 0 Å². The molecule has 2 rings (SSSR count). The number of rotatable bonds is 10. The lowest BCUT2D eigenvalue weighted by Gasteiger charge is -2.31. The number of unbranched alkanes of at least 4 members (excludes halogenated alkanes) is 4. The van der Waals surface area contributed by atoms with Crippen molar-refractivity contribution in [2.45, 2.75) is 78.7 Å². The summed E-state index contributed by atoms with van der Waals surface area (Å²) in [5.74, 6) is 1.70. The summed E-state index contributed by atoms with van der Waals surface area (Å²) in [5, 5.41) is 4.43. The van der Waals surface area contributed by atoms with Crippen LogP contribution in [0.15, 0.2) is 12.4 Å². The number of hydrogen-bond donors (Lipinski definition) is 0. The van der Waals surface area contributed by atoms with Crippen molar-refractivity contribution in [3.63, 3.8) is 0 Å². The fourth-order valence-electron chi connectivity index (χ4n) is 3.64. The van der Waals surface area contributed by atoms with Crippen LogP contribution in [0.3, 0.4) is 0 Å². The Labute approximate surface area is 143 Å². The number of piperidine rings is 1. The number of aryl methyl sites for hydroxylation is 1. The summed E-state index contributed by atoms with van der Waals surface area (Å²) in [6, 6.07) is 0. The summed E-state index contributed by atoms with van der Waals surface area (Å²) in [5.41, 5.74) is 1.27. The van der Waals surface area contributed by atoms with Crippen LogP contribution in [-0.2, 0) is 6.54 Å². The molecule has 3 nitrogen and oxygen atoms in total. The van der Waals surface area contributed by atoms with Crippen LogP contribution in [-0.4, -0.2) is 34.3 Å². The number of likely N-dealkylation sites (tertiary alicyclic amines) is 1. The lowest BCUT2D eigenvalue weighted by atomic mass is 9.96. The van der Waals surface area contributed by atoms with Crippen LogP contribution >= 0.6 is 0 Å². The Hall–Kier alpha value is -0.830. The van der Waals surface area contributed by atoms with Crippen LogP contribution in [0.1, 0.15) is 70.8 Å². The molecule has 0 bridgehead atoms. The van der Waals surface area contributed by atoms with Crippen molar-refractivity contribution in [2.75, 3.05) is 19.6 Å². The molecule has 23 heavy (non-hydrogen) atoms. The van der Waals surface area contributed by atoms with Gasteiger partial charge in [0.25, 0.3) is 0 Å². The van der Waals surface area contributed by atoms with E-state index in [1.807, 2.05) is 6.20 Å². The number of nitrogens with zero attached hydrogens (tertiary/aromatic N) is 3. The largest absolute Gasteiger partial charge is 0.303 e. The zero-order valence-corrected chi connectivity index (χ0v) is 15.6. The van der Waals surface area contributed by atoms with Gasteiger partial charge in [0.05, 0.1) is 6.20 Å². The molecule has 0 unspecified atom stereocenters. The monoisotopic (exact) mass is 319 g/mol. The highest BCUT2D eigenvalue weighted by atomic mass is 15.3. The minimum atomic E-state index is 0.821. The van der Waals surface area contributed by atoms with Crippen LogP contribution in [0.4, 0.5) is 0 Å². The molecule has 132 valence electrons. The van der Waals surface area contributed by atoms with Gasteiger partial charge in [0, 0.05) is 12.7 Å². The molecule has 1 aliphatic rings. The molecule has 0 radical (unpaired) electrons. The molecule has 0 spiro atoms. The van der Waals surface area contributed by atoms with Crippen molar-refractivity contribution in [3.05, 3.63) is 18.0 Å². The van der Waals surface area contributed by atoms with Crippen molar-refractivity contribution < 1.29 is 0 Å². The first-order valence-electron chi connectivity index (χ1n) is 9.85. The third kappa shape index (κ3) is 7.52. The summed E-state index contributed by atoms with van der Waals surface area (Å²) in [4.78, 5) is 2.68. The van der Waals surface area contributed by atoms with Gasteiger partial charge in [-0.05, 0) is 63.2 Å². The summed E-state index contributed by atoms with van der Waals surface area (Å²) in [6.07, 6.45) is 15.3. The zero-order valence-electron chi connectivity index (χ0n) is 15.6. The Balaban J connectivity index is 1.48. The third-order valence-corrected chi connectivity index (χ3v) is 5.17. The third-order valence-electron chi connectivity index (χ3n) is 5.17. The van der Waals surface area contributed by atoms with Crippen LogP contribution in [0.25, 0.3) is 0 Å². The Kier molecular flexibility index (Phi) is 8.14. The van der Waals surface area contributed by atoms with Crippen LogP contribution in [0.2, 0.25) is 0 Å². The molecule has 1 aromatic rings. The lowest BCUT2D eigenvalue weighted by Crippen LogP contribution is -2.35. The van der Waals surface area contributed by atoms with Crippen molar-refractivity contribution in [2.24, 2.45) is 11.8 Å². The second kappa shape index (κ2) is 10.1. The van der Waals surface area contributed by atoms with Gasteiger partial charge >= 0.3 is 0 Å². The quantitative estimate of drug-likeness (QED) is 0.572. The predicted octanol–water partition coefficient (Wildman–Crippen LogP) is 4.90. The summed E-state index contributed by atoms with van der Waals surface area (Å²) >= 11 is 0. The van der Waals surface area contributed by atoms with Gasteiger partial charge in [0.1, 0.15) is 0 Å². The molecule has 1 fully saturated rings. The number of hydrogen-bond acceptors (Lipinski definition) is 2. The first-order valence-corrected chi connectivity index (χ1v) is 9.85. The van der Waals surface area contributed by atoms with E-state index in [0.29, 0.717) is 0 Å². The molecule has 0 N–H and O–H groups in total. The van der Waals surface area contributed by atoms with Gasteiger partial charge in [-0.2, -0.15) is 5.10 Å². The minimum Gasteiger partial charge on any atom is -0.303 e. The van der Waals surface area contributed by atoms with Gasteiger partial charge in [0.2, 0.25) is 0 Å². The van der Waals surface area contributed by atoms with Crippen molar-refractivity contribution in [1.82, 2.24) is 14.7 Å². The second-order valence-corrected chi connectivity index (χ2v) is 7.98. The lowest BCUT2D eigenvalue weighted by molar-refractivity contribution is 0.168. The maximum Gasteiger partial charge on any atom is 0.0518 e. The summed E-state index contributed by atoms with van der Waals surface area (Å²) in [7, 11) is 0. The molecule has 0 saturated carbocycles. The predicted molar refractivity (Wildman–Crippen MR) is 98.7 cm³/mol. The maximum absolute atomic E-state index is 4.43. The Morgan fingerprint density at radius 2 is 1.78 bits per heavy atom. The standard InChI is InChI=1S/C20H37N3/c1-18(2)9-7-5-4-6-8-12-22-13-10-20(11-14-22)17-23-16-19(3)15-21-23/h15-16,18,20H,4-14,17H2,1-3H3.